The number of ether oxygens (including phenoxy) is 7. The average molecular weight is 1210 g/mol. The lowest BCUT2D eigenvalue weighted by Crippen LogP contribution is -2.55. The van der Waals surface area contributed by atoms with Crippen LogP contribution in [0, 0.1) is 17.8 Å². The zero-order chi connectivity index (χ0) is 62.3. The summed E-state index contributed by atoms with van der Waals surface area (Å²) >= 11 is 0. The van der Waals surface area contributed by atoms with Crippen LogP contribution in [0.2, 0.25) is 0 Å². The van der Waals surface area contributed by atoms with E-state index >= 15 is 0 Å². The zero-order valence-electron chi connectivity index (χ0n) is 48.9. The molecule has 0 saturated carbocycles. The lowest BCUT2D eigenvalue weighted by Gasteiger charge is -2.40. The third kappa shape index (κ3) is 25.7. The molecule has 16 atom stereocenters. The molecule has 0 spiro atoms. The summed E-state index contributed by atoms with van der Waals surface area (Å²) in [6.45, 7) is 2.43. The summed E-state index contributed by atoms with van der Waals surface area (Å²) in [6, 6.07) is -1.44. The van der Waals surface area contributed by atoms with Gasteiger partial charge in [0.05, 0.1) is 83.6 Å². The number of hydrogen-bond acceptors (Lipinski definition) is 25. The number of Topliss-reactive ketones (excluding diaryl/α,β-unsaturated/α-hetero) is 4. The molecule has 0 bridgehead atoms. The lowest BCUT2D eigenvalue weighted by atomic mass is 9.92. The van der Waals surface area contributed by atoms with Crippen LogP contribution in [0.1, 0.15) is 111 Å². The minimum Gasteiger partial charge on any atom is -0.394 e. The fourth-order valence-electron chi connectivity index (χ4n) is 9.58. The Morgan fingerprint density at radius 3 is 1.30 bits per heavy atom. The van der Waals surface area contributed by atoms with E-state index in [1.165, 1.54) is 7.11 Å². The van der Waals surface area contributed by atoms with Crippen LogP contribution in [0.15, 0.2) is 0 Å². The van der Waals surface area contributed by atoms with Crippen molar-refractivity contribution in [2.24, 2.45) is 17.8 Å². The summed E-state index contributed by atoms with van der Waals surface area (Å²) in [5.41, 5.74) is 0. The third-order valence-electron chi connectivity index (χ3n) is 14.9. The monoisotopic (exact) mass is 1210 g/mol. The van der Waals surface area contributed by atoms with Crippen molar-refractivity contribution in [2.45, 2.75) is 191 Å². The van der Waals surface area contributed by atoms with E-state index in [-0.39, 0.29) is 122 Å². The Kier molecular flexibility index (Phi) is 35.6. The minimum atomic E-state index is -1.44. The van der Waals surface area contributed by atoms with Gasteiger partial charge in [-0.15, -0.1) is 0 Å². The van der Waals surface area contributed by atoms with Gasteiger partial charge in [0, 0.05) is 102 Å². The van der Waals surface area contributed by atoms with Gasteiger partial charge in [-0.05, 0) is 38.5 Å². The quantitative estimate of drug-likeness (QED) is 0.0257. The van der Waals surface area contributed by atoms with Gasteiger partial charge in [0.25, 0.3) is 0 Å². The molecule has 0 aromatic heterocycles. The molecular formula is C55H95N5O24. The molecule has 3 heterocycles. The number of nitrogens with zero attached hydrogens (tertiary/aromatic N) is 1. The van der Waals surface area contributed by atoms with Crippen molar-refractivity contribution in [3.05, 3.63) is 0 Å². The van der Waals surface area contributed by atoms with Gasteiger partial charge in [-0.2, -0.15) is 0 Å². The standard InChI is InChI=1S/C55H95N5O24/c1-32-47(72)50(75)40(29-61)82-53(32)79-23-7-19-57-43(68)16-14-37(66)28-60(46(71)18-17-44(69)58-20-8-24-80-54-33(2)48(73)51(76)41(30-62)83-54)38(15-13-36(65)11-5-10-35(64)12-6-22-78-4)39(67)26-56-27-45(70)59-21-9-25-81-55-34(3)49(74)52(77)42(31-63)84-55/h32-34,38,40-42,47-56,61-63,72-77H,5-31H2,1-4H3,(H,57,68)(H,58,69)(H,59,70)/t32?,33?,34?,38?,40?,41?,42?,47-,48-,49-,50+,51+,52+,53-,54-,55-/m1/s1. The Balaban J connectivity index is 1.68. The molecule has 84 heavy (non-hydrogen) atoms. The van der Waals surface area contributed by atoms with Crippen LogP contribution in [0.5, 0.6) is 0 Å². The molecule has 3 aliphatic heterocycles. The molecule has 3 saturated heterocycles. The number of aliphatic hydroxyl groups is 9. The van der Waals surface area contributed by atoms with Gasteiger partial charge >= 0.3 is 0 Å². The Labute approximate surface area is 490 Å². The summed E-state index contributed by atoms with van der Waals surface area (Å²) in [5, 5.41) is 101. The van der Waals surface area contributed by atoms with Crippen LogP contribution in [-0.4, -0.2) is 270 Å². The van der Waals surface area contributed by atoms with Crippen molar-refractivity contribution in [3.8, 4) is 0 Å². The van der Waals surface area contributed by atoms with Crippen LogP contribution < -0.4 is 21.3 Å². The second-order valence-corrected chi connectivity index (χ2v) is 21.6. The molecule has 3 rings (SSSR count). The number of ketones is 4. The number of carbonyl (C=O) groups excluding carboxylic acids is 8. The van der Waals surface area contributed by atoms with Gasteiger partial charge in [-0.25, -0.2) is 0 Å². The van der Waals surface area contributed by atoms with E-state index in [1.807, 2.05) is 0 Å². The Morgan fingerprint density at radius 2 is 0.869 bits per heavy atom. The van der Waals surface area contributed by atoms with Crippen molar-refractivity contribution in [1.29, 1.82) is 0 Å². The second kappa shape index (κ2) is 40.4. The van der Waals surface area contributed by atoms with Gasteiger partial charge in [0.15, 0.2) is 30.4 Å². The van der Waals surface area contributed by atoms with Crippen LogP contribution >= 0.6 is 0 Å². The van der Waals surface area contributed by atoms with Crippen molar-refractivity contribution < 1.29 is 117 Å². The first-order valence-corrected chi connectivity index (χ1v) is 29.2. The number of hydrogen-bond donors (Lipinski definition) is 13. The van der Waals surface area contributed by atoms with Gasteiger partial charge in [-0.1, -0.05) is 20.8 Å². The SMILES string of the molecule is COCCCC(=O)CCCC(=O)CCC(C(=O)CNCC(=O)NCCCO[C@@H]1OC(CO)[C@H](O)[C@H](O)C1C)N(CC(=O)CCC(=O)NCCCO[C@@H]1OC(CO)[C@H](O)[C@H](O)C1C)C(=O)CCC(=O)NCCCO[C@@H]1OC(CO)[C@H](O)[C@H](O)C1C. The first kappa shape index (κ1) is 74.1. The van der Waals surface area contributed by atoms with Crippen molar-refractivity contribution in [3.63, 3.8) is 0 Å². The van der Waals surface area contributed by atoms with E-state index in [1.54, 1.807) is 20.8 Å². The van der Waals surface area contributed by atoms with E-state index in [4.69, 9.17) is 33.2 Å². The van der Waals surface area contributed by atoms with E-state index in [9.17, 15) is 84.3 Å². The molecule has 0 aromatic carbocycles. The highest BCUT2D eigenvalue weighted by molar-refractivity contribution is 5.95. The lowest BCUT2D eigenvalue weighted by molar-refractivity contribution is -0.282. The van der Waals surface area contributed by atoms with Crippen LogP contribution in [-0.2, 0) is 71.5 Å². The molecular weight excluding hydrogens is 1110 g/mol. The molecule has 3 fully saturated rings. The van der Waals surface area contributed by atoms with E-state index in [2.05, 4.69) is 21.3 Å². The van der Waals surface area contributed by atoms with E-state index in [0.29, 0.717) is 13.0 Å². The molecule has 29 heteroatoms. The maximum atomic E-state index is 14.2. The highest BCUT2D eigenvalue weighted by Gasteiger charge is 2.45. The summed E-state index contributed by atoms with van der Waals surface area (Å²) in [6.07, 6.45) is -13.7. The van der Waals surface area contributed by atoms with Crippen molar-refractivity contribution in [1.82, 2.24) is 26.2 Å². The third-order valence-corrected chi connectivity index (χ3v) is 14.9. The minimum absolute atomic E-state index is 0.0213. The predicted molar refractivity (Wildman–Crippen MR) is 293 cm³/mol. The molecule has 4 amide bonds. The largest absolute Gasteiger partial charge is 0.394 e. The average Bonchev–Trinajstić information content (AvgIpc) is 3.45. The number of amides is 4. The normalized spacial score (nSPS) is 28.2. The van der Waals surface area contributed by atoms with Crippen molar-refractivity contribution in [2.75, 3.05) is 92.6 Å². The Bertz CT molecular complexity index is 2000. The summed E-state index contributed by atoms with van der Waals surface area (Å²) < 4.78 is 38.7. The molecule has 0 aromatic rings. The molecule has 0 radical (unpaired) electrons. The topological polar surface area (TPSA) is 435 Å². The first-order chi connectivity index (χ1) is 40.1. The van der Waals surface area contributed by atoms with Crippen LogP contribution in [0.3, 0.4) is 0 Å². The molecule has 484 valence electrons. The van der Waals surface area contributed by atoms with Gasteiger partial charge in [-0.3, -0.25) is 38.4 Å². The Hall–Kier alpha value is -4.12. The molecule has 7 unspecified atom stereocenters. The van der Waals surface area contributed by atoms with Gasteiger partial charge < -0.3 is 105 Å². The Morgan fingerprint density at radius 1 is 0.464 bits per heavy atom. The van der Waals surface area contributed by atoms with Gasteiger partial charge in [0.1, 0.15) is 48.2 Å². The zero-order valence-corrected chi connectivity index (χ0v) is 48.9. The van der Waals surface area contributed by atoms with Gasteiger partial charge in [0.2, 0.25) is 23.6 Å². The van der Waals surface area contributed by atoms with E-state index in [0.717, 1.165) is 4.90 Å². The van der Waals surface area contributed by atoms with Crippen LogP contribution in [0.25, 0.3) is 0 Å². The summed E-state index contributed by atoms with van der Waals surface area (Å²) in [5.74, 6) is -6.06. The van der Waals surface area contributed by atoms with E-state index < -0.39 is 185 Å². The second-order valence-electron chi connectivity index (χ2n) is 21.6. The molecule has 13 N–H and O–H groups in total. The number of aliphatic hydroxyl groups excluding tert-OH is 9. The maximum Gasteiger partial charge on any atom is 0.233 e. The summed E-state index contributed by atoms with van der Waals surface area (Å²) in [7, 11) is 1.52. The fourth-order valence-corrected chi connectivity index (χ4v) is 9.58. The maximum absolute atomic E-state index is 14.2. The van der Waals surface area contributed by atoms with Crippen molar-refractivity contribution >= 4 is 46.8 Å². The van der Waals surface area contributed by atoms with Crippen LogP contribution in [0.4, 0.5) is 0 Å². The smallest absolute Gasteiger partial charge is 0.233 e. The first-order valence-electron chi connectivity index (χ1n) is 29.2. The highest BCUT2D eigenvalue weighted by Crippen LogP contribution is 2.29. The number of carbonyl (C=O) groups is 8. The summed E-state index contributed by atoms with van der Waals surface area (Å²) in [4.78, 5) is 108. The molecule has 29 nitrogen and oxygen atoms in total. The number of rotatable bonds is 43. The molecule has 3 aliphatic rings. The fraction of sp³-hybridized carbons (Fsp3) is 0.855. The molecule has 0 aliphatic carbocycles. The number of nitrogens with one attached hydrogen (secondary N) is 4. The number of methoxy groups -OCH3 is 1. The highest BCUT2D eigenvalue weighted by atomic mass is 16.7. The predicted octanol–water partition coefficient (Wildman–Crippen LogP) is -4.22.